The third kappa shape index (κ3) is 2.03. The van der Waals surface area contributed by atoms with Gasteiger partial charge in [-0.3, -0.25) is 14.5 Å². The van der Waals surface area contributed by atoms with Gasteiger partial charge >= 0.3 is 5.97 Å². The van der Waals surface area contributed by atoms with E-state index >= 15 is 0 Å². The second-order valence-corrected chi connectivity index (χ2v) is 4.97. The first-order valence-electron chi connectivity index (χ1n) is 5.53. The van der Waals surface area contributed by atoms with E-state index in [-0.39, 0.29) is 17.9 Å². The van der Waals surface area contributed by atoms with E-state index in [0.29, 0.717) is 5.69 Å². The number of hydrogen-bond acceptors (Lipinski definition) is 5. The maximum atomic E-state index is 11.1. The minimum Gasteiger partial charge on any atom is -0.477 e. The first kappa shape index (κ1) is 12.4. The van der Waals surface area contributed by atoms with Crippen LogP contribution in [0.15, 0.2) is 30.0 Å². The molecule has 0 aliphatic rings. The molecule has 1 N–H and O–H groups in total. The van der Waals surface area contributed by atoms with Crippen LogP contribution in [0, 0.1) is 10.1 Å². The molecule has 0 aromatic carbocycles. The summed E-state index contributed by atoms with van der Waals surface area (Å²) in [5, 5.41) is 21.7. The van der Waals surface area contributed by atoms with Crippen LogP contribution in [0.3, 0.4) is 0 Å². The van der Waals surface area contributed by atoms with Crippen LogP contribution < -0.4 is 0 Å². The summed E-state index contributed by atoms with van der Waals surface area (Å²) in [5.74, 6) is -1.21. The Kier molecular flexibility index (Phi) is 2.75. The quantitative estimate of drug-likeness (QED) is 0.584. The number of fused-ring (bicyclic) bond motifs is 1. The zero-order valence-electron chi connectivity index (χ0n) is 9.96. The molecule has 0 saturated heterocycles. The Morgan fingerprint density at radius 2 is 2.30 bits per heavy atom. The van der Waals surface area contributed by atoms with Gasteiger partial charge < -0.3 is 9.67 Å². The lowest BCUT2D eigenvalue weighted by atomic mass is 10.4. The van der Waals surface area contributed by atoms with Crippen molar-refractivity contribution in [2.24, 2.45) is 0 Å². The molecule has 3 aromatic heterocycles. The van der Waals surface area contributed by atoms with E-state index < -0.39 is 10.9 Å². The molecular weight excluding hydrogens is 284 g/mol. The number of thiazole rings is 1. The summed E-state index contributed by atoms with van der Waals surface area (Å²) >= 11 is 1.46. The summed E-state index contributed by atoms with van der Waals surface area (Å²) in [6.07, 6.45) is 4.81. The highest BCUT2D eigenvalue weighted by Crippen LogP contribution is 2.19. The van der Waals surface area contributed by atoms with Crippen LogP contribution in [-0.2, 0) is 6.54 Å². The number of nitro groups is 1. The van der Waals surface area contributed by atoms with Crippen LogP contribution in [0.25, 0.3) is 4.96 Å². The van der Waals surface area contributed by atoms with Crippen LogP contribution in [0.2, 0.25) is 0 Å². The van der Waals surface area contributed by atoms with Gasteiger partial charge in [-0.05, 0) is 0 Å². The van der Waals surface area contributed by atoms with Gasteiger partial charge in [-0.15, -0.1) is 11.3 Å². The molecule has 3 aromatic rings. The van der Waals surface area contributed by atoms with Crippen molar-refractivity contribution in [3.8, 4) is 0 Å². The predicted octanol–water partition coefficient (Wildman–Crippen LogP) is 1.85. The molecule has 3 heterocycles. The largest absolute Gasteiger partial charge is 0.477 e. The molecule has 0 fully saturated rings. The molecule has 3 rings (SSSR count). The highest BCUT2D eigenvalue weighted by Gasteiger charge is 2.19. The average Bonchev–Trinajstić information content (AvgIpc) is 3.02. The molecule has 9 heteroatoms. The molecule has 0 aliphatic heterocycles. The number of imidazole rings is 1. The molecule has 0 amide bonds. The Labute approximate surface area is 115 Å². The third-order valence-electron chi connectivity index (χ3n) is 2.79. The minimum absolute atomic E-state index is 0.131. The van der Waals surface area contributed by atoms with E-state index in [0.717, 1.165) is 11.0 Å². The fraction of sp³-hybridized carbons (Fsp3) is 0.0909. The Morgan fingerprint density at radius 1 is 1.50 bits per heavy atom. The molecule has 0 aliphatic carbocycles. The lowest BCUT2D eigenvalue weighted by molar-refractivity contribution is -0.384. The van der Waals surface area contributed by atoms with Crippen LogP contribution in [-0.4, -0.2) is 30.0 Å². The van der Waals surface area contributed by atoms with E-state index in [1.54, 1.807) is 6.20 Å². The highest BCUT2D eigenvalue weighted by molar-refractivity contribution is 7.15. The molecule has 0 saturated carbocycles. The summed E-state index contributed by atoms with van der Waals surface area (Å²) in [7, 11) is 0. The zero-order valence-corrected chi connectivity index (χ0v) is 10.8. The van der Waals surface area contributed by atoms with Crippen LogP contribution >= 0.6 is 11.3 Å². The number of nitrogens with zero attached hydrogens (tertiary/aromatic N) is 4. The van der Waals surface area contributed by atoms with E-state index in [1.807, 2.05) is 16.0 Å². The monoisotopic (exact) mass is 292 g/mol. The molecule has 0 atom stereocenters. The Hall–Kier alpha value is -2.68. The predicted molar refractivity (Wildman–Crippen MR) is 70.2 cm³/mol. The first-order chi connectivity index (χ1) is 9.54. The van der Waals surface area contributed by atoms with Gasteiger partial charge in [-0.2, -0.15) is 0 Å². The fourth-order valence-corrected chi connectivity index (χ4v) is 2.65. The number of aromatic nitrogens is 3. The molecule has 0 spiro atoms. The minimum atomic E-state index is -1.21. The summed E-state index contributed by atoms with van der Waals surface area (Å²) in [6.45, 7) is 0.171. The first-order valence-corrected chi connectivity index (χ1v) is 6.41. The lowest BCUT2D eigenvalue weighted by Crippen LogP contribution is -2.08. The molecule has 0 radical (unpaired) electrons. The number of rotatable bonds is 4. The maximum Gasteiger partial charge on any atom is 0.352 e. The second-order valence-electron chi connectivity index (χ2n) is 4.10. The van der Waals surface area contributed by atoms with Crippen LogP contribution in [0.4, 0.5) is 5.69 Å². The fourth-order valence-electron chi connectivity index (χ4n) is 1.93. The SMILES string of the molecule is O=C(O)c1cc([N+](=O)[O-])cn1Cc1cn2ccsc2n1. The van der Waals surface area contributed by atoms with Crippen LogP contribution in [0.1, 0.15) is 16.2 Å². The van der Waals surface area contributed by atoms with Gasteiger partial charge in [0.25, 0.3) is 5.69 Å². The highest BCUT2D eigenvalue weighted by atomic mass is 32.1. The number of carboxylic acid groups (broad SMARTS) is 1. The van der Waals surface area contributed by atoms with E-state index in [4.69, 9.17) is 5.11 Å². The lowest BCUT2D eigenvalue weighted by Gasteiger charge is -2.02. The normalized spacial score (nSPS) is 11.0. The van der Waals surface area contributed by atoms with Gasteiger partial charge in [0.2, 0.25) is 0 Å². The van der Waals surface area contributed by atoms with Crippen LogP contribution in [0.5, 0.6) is 0 Å². The average molecular weight is 292 g/mol. The topological polar surface area (TPSA) is 103 Å². The Bertz CT molecular complexity index is 787. The molecule has 20 heavy (non-hydrogen) atoms. The molecule has 102 valence electrons. The summed E-state index contributed by atoms with van der Waals surface area (Å²) in [4.78, 5) is 26.3. The van der Waals surface area contributed by atoms with Crippen molar-refractivity contribution in [2.75, 3.05) is 0 Å². The number of carboxylic acids is 1. The number of hydrogen-bond donors (Lipinski definition) is 1. The zero-order chi connectivity index (χ0) is 14.3. The van der Waals surface area contributed by atoms with Gasteiger partial charge in [-0.25, -0.2) is 9.78 Å². The molecular formula is C11H8N4O4S. The summed E-state index contributed by atoms with van der Waals surface area (Å²) in [5.41, 5.74) is 0.265. The number of aromatic carboxylic acids is 1. The van der Waals surface area contributed by atoms with Crippen molar-refractivity contribution in [2.45, 2.75) is 6.54 Å². The maximum absolute atomic E-state index is 11.1. The van der Waals surface area contributed by atoms with Crippen molar-refractivity contribution < 1.29 is 14.8 Å². The molecule has 0 unspecified atom stereocenters. The van der Waals surface area contributed by atoms with Gasteiger partial charge in [0.05, 0.1) is 23.4 Å². The molecule has 8 nitrogen and oxygen atoms in total. The standard InChI is InChI=1S/C11H8N4O4S/c16-10(17)9-3-8(15(18)19)6-14(9)5-7-4-13-1-2-20-11(13)12-7/h1-4,6H,5H2,(H,16,17). The van der Waals surface area contributed by atoms with Crippen molar-refractivity contribution in [1.82, 2.24) is 14.0 Å². The van der Waals surface area contributed by atoms with E-state index in [2.05, 4.69) is 4.98 Å². The van der Waals surface area contributed by atoms with Crippen molar-refractivity contribution in [3.05, 3.63) is 51.5 Å². The Morgan fingerprint density at radius 3 is 2.95 bits per heavy atom. The van der Waals surface area contributed by atoms with Crippen molar-refractivity contribution in [1.29, 1.82) is 0 Å². The Balaban J connectivity index is 1.98. The summed E-state index contributed by atoms with van der Waals surface area (Å²) in [6, 6.07) is 1.04. The van der Waals surface area contributed by atoms with Crippen molar-refractivity contribution in [3.63, 3.8) is 0 Å². The second kappa shape index (κ2) is 4.46. The number of carbonyl (C=O) groups is 1. The smallest absolute Gasteiger partial charge is 0.352 e. The van der Waals surface area contributed by atoms with Gasteiger partial charge in [0.15, 0.2) is 4.96 Å². The summed E-state index contributed by atoms with van der Waals surface area (Å²) < 4.78 is 3.13. The van der Waals surface area contributed by atoms with Gasteiger partial charge in [0, 0.05) is 23.8 Å². The van der Waals surface area contributed by atoms with E-state index in [1.165, 1.54) is 22.1 Å². The molecule has 0 bridgehead atoms. The van der Waals surface area contributed by atoms with Gasteiger partial charge in [-0.1, -0.05) is 0 Å². The van der Waals surface area contributed by atoms with Gasteiger partial charge in [0.1, 0.15) is 5.69 Å². The van der Waals surface area contributed by atoms with Crippen molar-refractivity contribution >= 4 is 28.0 Å². The van der Waals surface area contributed by atoms with E-state index in [9.17, 15) is 14.9 Å². The third-order valence-corrected chi connectivity index (χ3v) is 3.56.